The van der Waals surface area contributed by atoms with E-state index in [4.69, 9.17) is 49.9 Å². The highest BCUT2D eigenvalue weighted by atomic mass is 35.5. The number of aromatic nitrogens is 1. The van der Waals surface area contributed by atoms with Gasteiger partial charge in [-0.15, -0.1) is 0 Å². The summed E-state index contributed by atoms with van der Waals surface area (Å²) in [6, 6.07) is 2.18. The standard InChI is InChI=1S/C15H12Cl3F2N3O4/c16-6-1-10(18)14(21-3-6)22-13-8(2-9(17)11(19)12(13)20)15(26)23-27-5-7(25)4-24/h1-3,7,24-25H,4-5H2,(H,21,22)(H,23,26)/t7-/m1/s1. The van der Waals surface area contributed by atoms with E-state index < -0.39 is 53.1 Å². The molecule has 12 heteroatoms. The van der Waals surface area contributed by atoms with Gasteiger partial charge in [0.2, 0.25) is 0 Å². The zero-order valence-electron chi connectivity index (χ0n) is 13.3. The molecule has 27 heavy (non-hydrogen) atoms. The van der Waals surface area contributed by atoms with E-state index in [9.17, 15) is 13.6 Å². The van der Waals surface area contributed by atoms with Crippen LogP contribution in [0.3, 0.4) is 0 Å². The fourth-order valence-electron chi connectivity index (χ4n) is 1.83. The number of carbonyl (C=O) groups excluding carboxylic acids is 1. The number of nitrogens with one attached hydrogen (secondary N) is 2. The van der Waals surface area contributed by atoms with E-state index >= 15 is 0 Å². The van der Waals surface area contributed by atoms with Gasteiger partial charge in [0.1, 0.15) is 18.5 Å². The van der Waals surface area contributed by atoms with Crippen LogP contribution in [0.4, 0.5) is 20.3 Å². The van der Waals surface area contributed by atoms with Crippen molar-refractivity contribution in [1.29, 1.82) is 0 Å². The van der Waals surface area contributed by atoms with Gasteiger partial charge in [0, 0.05) is 6.20 Å². The van der Waals surface area contributed by atoms with Crippen LogP contribution in [0.15, 0.2) is 18.3 Å². The third-order valence-corrected chi connectivity index (χ3v) is 3.88. The third-order valence-electron chi connectivity index (χ3n) is 3.11. The van der Waals surface area contributed by atoms with E-state index in [0.717, 1.165) is 6.07 Å². The van der Waals surface area contributed by atoms with Crippen molar-refractivity contribution in [3.8, 4) is 0 Å². The lowest BCUT2D eigenvalue weighted by Gasteiger charge is -2.15. The van der Waals surface area contributed by atoms with Crippen LogP contribution in [0, 0.1) is 11.6 Å². The Morgan fingerprint density at radius 2 is 1.93 bits per heavy atom. The number of rotatable bonds is 7. The molecule has 2 aromatic rings. The minimum atomic E-state index is -1.45. The van der Waals surface area contributed by atoms with Gasteiger partial charge in [0.25, 0.3) is 5.91 Å². The van der Waals surface area contributed by atoms with Crippen molar-refractivity contribution >= 4 is 52.2 Å². The first-order valence-corrected chi connectivity index (χ1v) is 8.34. The molecule has 0 aliphatic carbocycles. The smallest absolute Gasteiger partial charge is 0.277 e. The van der Waals surface area contributed by atoms with Crippen LogP contribution in [-0.2, 0) is 4.84 Å². The number of pyridine rings is 1. The van der Waals surface area contributed by atoms with Gasteiger partial charge in [-0.2, -0.15) is 0 Å². The molecular formula is C15H12Cl3F2N3O4. The van der Waals surface area contributed by atoms with Crippen molar-refractivity contribution in [3.63, 3.8) is 0 Å². The molecule has 1 heterocycles. The quantitative estimate of drug-likeness (QED) is 0.388. The zero-order valence-corrected chi connectivity index (χ0v) is 15.5. The van der Waals surface area contributed by atoms with Gasteiger partial charge in [-0.25, -0.2) is 19.2 Å². The molecular weight excluding hydrogens is 431 g/mol. The number of aliphatic hydroxyl groups excluding tert-OH is 2. The Balaban J connectivity index is 2.34. The topological polar surface area (TPSA) is 104 Å². The van der Waals surface area contributed by atoms with Crippen LogP contribution in [0.5, 0.6) is 0 Å². The SMILES string of the molecule is O=C(NOC[C@H](O)CO)c1cc(Cl)c(F)c(F)c1Nc1ncc(Cl)cc1Cl. The molecule has 0 aliphatic heterocycles. The molecule has 0 radical (unpaired) electrons. The lowest BCUT2D eigenvalue weighted by molar-refractivity contribution is -0.0295. The van der Waals surface area contributed by atoms with Crippen LogP contribution < -0.4 is 10.8 Å². The number of hydroxylamine groups is 1. The van der Waals surface area contributed by atoms with Gasteiger partial charge in [-0.3, -0.25) is 9.63 Å². The molecule has 0 saturated heterocycles. The maximum Gasteiger partial charge on any atom is 0.277 e. The van der Waals surface area contributed by atoms with Gasteiger partial charge in [0.15, 0.2) is 11.6 Å². The number of hydrogen-bond donors (Lipinski definition) is 4. The molecule has 1 amide bonds. The number of halogens is 5. The highest BCUT2D eigenvalue weighted by Crippen LogP contribution is 2.33. The van der Waals surface area contributed by atoms with E-state index in [1.165, 1.54) is 12.3 Å². The Morgan fingerprint density at radius 3 is 2.56 bits per heavy atom. The largest absolute Gasteiger partial charge is 0.394 e. The van der Waals surface area contributed by atoms with E-state index in [1.807, 2.05) is 5.48 Å². The summed E-state index contributed by atoms with van der Waals surface area (Å²) in [5.74, 6) is -3.94. The lowest BCUT2D eigenvalue weighted by Crippen LogP contribution is -2.30. The fourth-order valence-corrected chi connectivity index (χ4v) is 2.45. The maximum atomic E-state index is 14.4. The summed E-state index contributed by atoms with van der Waals surface area (Å²) in [7, 11) is 0. The summed E-state index contributed by atoms with van der Waals surface area (Å²) in [6.07, 6.45) is -0.0347. The Bertz CT molecular complexity index is 858. The van der Waals surface area contributed by atoms with E-state index in [0.29, 0.717) is 0 Å². The van der Waals surface area contributed by atoms with Crippen LogP contribution >= 0.6 is 34.8 Å². The monoisotopic (exact) mass is 441 g/mol. The summed E-state index contributed by atoms with van der Waals surface area (Å²) >= 11 is 17.3. The van der Waals surface area contributed by atoms with Crippen LogP contribution in [0.1, 0.15) is 10.4 Å². The van der Waals surface area contributed by atoms with Gasteiger partial charge < -0.3 is 15.5 Å². The average molecular weight is 443 g/mol. The molecule has 1 aromatic heterocycles. The number of hydrogen-bond acceptors (Lipinski definition) is 6. The Kier molecular flexibility index (Phi) is 7.54. The second kappa shape index (κ2) is 9.45. The number of benzene rings is 1. The molecule has 0 saturated carbocycles. The Labute approximate surface area is 166 Å². The molecule has 4 N–H and O–H groups in total. The number of carbonyl (C=O) groups is 1. The summed E-state index contributed by atoms with van der Waals surface area (Å²) in [6.45, 7) is -1.03. The van der Waals surface area contributed by atoms with Crippen molar-refractivity contribution in [1.82, 2.24) is 10.5 Å². The molecule has 146 valence electrons. The van der Waals surface area contributed by atoms with Crippen LogP contribution in [0.25, 0.3) is 0 Å². The number of aliphatic hydroxyl groups is 2. The van der Waals surface area contributed by atoms with Crippen LogP contribution in [-0.4, -0.2) is 40.4 Å². The summed E-state index contributed by atoms with van der Waals surface area (Å²) in [5.41, 5.74) is 0.890. The van der Waals surface area contributed by atoms with Crippen molar-refractivity contribution in [3.05, 3.63) is 50.6 Å². The van der Waals surface area contributed by atoms with Crippen LogP contribution in [0.2, 0.25) is 15.1 Å². The van der Waals surface area contributed by atoms with E-state index in [2.05, 4.69) is 10.3 Å². The van der Waals surface area contributed by atoms with Crippen molar-refractivity contribution < 1.29 is 28.6 Å². The lowest BCUT2D eigenvalue weighted by atomic mass is 10.1. The molecule has 0 unspecified atom stereocenters. The van der Waals surface area contributed by atoms with Crippen molar-refractivity contribution in [2.75, 3.05) is 18.5 Å². The van der Waals surface area contributed by atoms with E-state index in [1.54, 1.807) is 0 Å². The molecule has 0 bridgehead atoms. The number of anilines is 2. The van der Waals surface area contributed by atoms with Gasteiger partial charge in [-0.1, -0.05) is 34.8 Å². The Hall–Kier alpha value is -1.75. The van der Waals surface area contributed by atoms with Gasteiger partial charge >= 0.3 is 0 Å². The molecule has 1 aromatic carbocycles. The number of nitrogens with zero attached hydrogens (tertiary/aromatic N) is 1. The maximum absolute atomic E-state index is 14.4. The highest BCUT2D eigenvalue weighted by molar-refractivity contribution is 6.36. The molecule has 0 spiro atoms. The van der Waals surface area contributed by atoms with Crippen molar-refractivity contribution in [2.24, 2.45) is 0 Å². The normalized spacial score (nSPS) is 12.0. The predicted molar refractivity (Wildman–Crippen MR) is 95.4 cm³/mol. The molecule has 7 nitrogen and oxygen atoms in total. The summed E-state index contributed by atoms with van der Waals surface area (Å²) in [4.78, 5) is 20.8. The molecule has 0 aliphatic rings. The molecule has 0 fully saturated rings. The van der Waals surface area contributed by atoms with Crippen molar-refractivity contribution in [2.45, 2.75) is 6.10 Å². The minimum absolute atomic E-state index is 0.00839. The first kappa shape index (κ1) is 21.5. The first-order valence-electron chi connectivity index (χ1n) is 7.21. The fraction of sp³-hybridized carbons (Fsp3) is 0.200. The highest BCUT2D eigenvalue weighted by Gasteiger charge is 2.23. The second-order valence-electron chi connectivity index (χ2n) is 5.10. The minimum Gasteiger partial charge on any atom is -0.394 e. The van der Waals surface area contributed by atoms with Gasteiger partial charge in [-0.05, 0) is 12.1 Å². The average Bonchev–Trinajstić information content (AvgIpc) is 2.63. The number of amides is 1. The summed E-state index contributed by atoms with van der Waals surface area (Å²) < 4.78 is 28.2. The first-order chi connectivity index (χ1) is 12.7. The molecule has 1 atom stereocenters. The zero-order chi connectivity index (χ0) is 20.1. The van der Waals surface area contributed by atoms with Gasteiger partial charge in [0.05, 0.1) is 32.9 Å². The third kappa shape index (κ3) is 5.38. The molecule has 2 rings (SSSR count). The van der Waals surface area contributed by atoms with E-state index in [-0.39, 0.29) is 15.9 Å². The predicted octanol–water partition coefficient (Wildman–Crippen LogP) is 3.08. The second-order valence-corrected chi connectivity index (χ2v) is 6.35. The Morgan fingerprint density at radius 1 is 1.22 bits per heavy atom. The summed E-state index contributed by atoms with van der Waals surface area (Å²) in [5, 5.41) is 19.8.